The van der Waals surface area contributed by atoms with E-state index < -0.39 is 0 Å². The van der Waals surface area contributed by atoms with E-state index in [9.17, 15) is 4.79 Å². The number of fused-ring (bicyclic) bond motifs is 1. The molecule has 0 bridgehead atoms. The number of nitrogens with zero attached hydrogens (tertiary/aromatic N) is 5. The lowest BCUT2D eigenvalue weighted by Gasteiger charge is -2.11. The third kappa shape index (κ3) is 3.82. The number of nitriles is 1. The van der Waals surface area contributed by atoms with Crippen molar-refractivity contribution in [3.63, 3.8) is 0 Å². The van der Waals surface area contributed by atoms with Gasteiger partial charge in [-0.15, -0.1) is 0 Å². The first kappa shape index (κ1) is 19.1. The van der Waals surface area contributed by atoms with Crippen LogP contribution in [-0.2, 0) is 6.54 Å². The second kappa shape index (κ2) is 8.41. The van der Waals surface area contributed by atoms with Crippen molar-refractivity contribution in [3.8, 4) is 34.8 Å². The molecule has 0 amide bonds. The summed E-state index contributed by atoms with van der Waals surface area (Å²) in [5, 5.41) is 9.03. The Morgan fingerprint density at radius 3 is 2.50 bits per heavy atom. The quantitative estimate of drug-likeness (QED) is 0.488. The number of benzene rings is 2. The number of ether oxygens (including phenoxy) is 2. The maximum absolute atomic E-state index is 13.2. The van der Waals surface area contributed by atoms with Gasteiger partial charge < -0.3 is 9.47 Å². The summed E-state index contributed by atoms with van der Waals surface area (Å²) < 4.78 is 12.3. The zero-order valence-corrected chi connectivity index (χ0v) is 16.1. The van der Waals surface area contributed by atoms with Crippen LogP contribution in [0.1, 0.15) is 6.42 Å². The average Bonchev–Trinajstić information content (AvgIpc) is 2.79. The van der Waals surface area contributed by atoms with Gasteiger partial charge in [0.15, 0.2) is 5.65 Å². The van der Waals surface area contributed by atoms with Gasteiger partial charge in [0.1, 0.15) is 22.7 Å². The van der Waals surface area contributed by atoms with E-state index in [0.29, 0.717) is 28.2 Å². The van der Waals surface area contributed by atoms with Crippen LogP contribution < -0.4 is 15.0 Å². The number of methoxy groups -OCH3 is 1. The maximum atomic E-state index is 13.2. The van der Waals surface area contributed by atoms with Crippen LogP contribution in [0.5, 0.6) is 17.5 Å². The van der Waals surface area contributed by atoms with Crippen LogP contribution in [0.2, 0.25) is 0 Å². The molecule has 4 rings (SSSR count). The van der Waals surface area contributed by atoms with Crippen molar-refractivity contribution < 1.29 is 9.47 Å². The van der Waals surface area contributed by atoms with E-state index in [-0.39, 0.29) is 30.2 Å². The molecule has 0 spiro atoms. The Morgan fingerprint density at radius 2 is 1.80 bits per heavy atom. The molecule has 8 heteroatoms. The van der Waals surface area contributed by atoms with Gasteiger partial charge in [-0.1, -0.05) is 18.2 Å². The topological polar surface area (TPSA) is 103 Å². The minimum absolute atomic E-state index is 0.0952. The van der Waals surface area contributed by atoms with Crippen molar-refractivity contribution in [1.29, 1.82) is 5.26 Å². The normalized spacial score (nSPS) is 10.5. The van der Waals surface area contributed by atoms with Gasteiger partial charge in [-0.3, -0.25) is 9.36 Å². The Bertz CT molecular complexity index is 1280. The van der Waals surface area contributed by atoms with Crippen molar-refractivity contribution in [2.45, 2.75) is 13.0 Å². The molecule has 2 aromatic carbocycles. The Labute approximate surface area is 172 Å². The highest BCUT2D eigenvalue weighted by Gasteiger charge is 2.16. The largest absolute Gasteiger partial charge is 0.497 e. The summed E-state index contributed by atoms with van der Waals surface area (Å²) in [5.74, 6) is 1.25. The second-order valence-electron chi connectivity index (χ2n) is 6.33. The van der Waals surface area contributed by atoms with Gasteiger partial charge in [0, 0.05) is 12.1 Å². The molecule has 0 radical (unpaired) electrons. The Kier molecular flexibility index (Phi) is 5.35. The smallest absolute Gasteiger partial charge is 0.324 e. The maximum Gasteiger partial charge on any atom is 0.324 e. The molecule has 148 valence electrons. The molecule has 2 aromatic heterocycles. The fourth-order valence-electron chi connectivity index (χ4n) is 2.97. The van der Waals surface area contributed by atoms with E-state index >= 15 is 0 Å². The number of hydrogen-bond acceptors (Lipinski definition) is 7. The summed E-state index contributed by atoms with van der Waals surface area (Å²) >= 11 is 0. The summed E-state index contributed by atoms with van der Waals surface area (Å²) in [5.41, 5.74) is 1.29. The Hall–Kier alpha value is -4.25. The summed E-state index contributed by atoms with van der Waals surface area (Å²) in [6.07, 6.45) is 1.66. The number of aryl methyl sites for hydroxylation is 1. The number of aromatic nitrogens is 4. The Morgan fingerprint density at radius 1 is 1.03 bits per heavy atom. The highest BCUT2D eigenvalue weighted by molar-refractivity contribution is 5.74. The van der Waals surface area contributed by atoms with Crippen molar-refractivity contribution in [3.05, 3.63) is 71.1 Å². The lowest BCUT2D eigenvalue weighted by Crippen LogP contribution is -2.24. The molecule has 0 aliphatic heterocycles. The number of hydrogen-bond donors (Lipinski definition) is 0. The predicted molar refractivity (Wildman–Crippen MR) is 110 cm³/mol. The molecule has 0 atom stereocenters. The van der Waals surface area contributed by atoms with Gasteiger partial charge in [0.25, 0.3) is 5.56 Å². The van der Waals surface area contributed by atoms with Crippen LogP contribution in [-0.4, -0.2) is 26.6 Å². The molecule has 4 aromatic rings. The van der Waals surface area contributed by atoms with Crippen LogP contribution >= 0.6 is 0 Å². The Balaban J connectivity index is 1.83. The SMILES string of the molecule is COc1ccc(-c2nc3cnc(Oc4ccccc4)nc3n(CCC#N)c2=O)cc1. The average molecular weight is 399 g/mol. The van der Waals surface area contributed by atoms with E-state index in [0.717, 1.165) is 0 Å². The van der Waals surface area contributed by atoms with Gasteiger partial charge in [-0.25, -0.2) is 9.97 Å². The van der Waals surface area contributed by atoms with Crippen molar-refractivity contribution >= 4 is 11.2 Å². The molecule has 2 heterocycles. The van der Waals surface area contributed by atoms with E-state index in [1.807, 2.05) is 18.2 Å². The molecule has 0 fully saturated rings. The molecule has 0 aliphatic rings. The van der Waals surface area contributed by atoms with E-state index in [4.69, 9.17) is 14.7 Å². The highest BCUT2D eigenvalue weighted by Crippen LogP contribution is 2.22. The molecule has 0 aliphatic carbocycles. The molecule has 0 saturated carbocycles. The molecule has 0 unspecified atom stereocenters. The number of para-hydroxylation sites is 1. The molecule has 0 N–H and O–H groups in total. The molecule has 30 heavy (non-hydrogen) atoms. The number of rotatable bonds is 6. The predicted octanol–water partition coefficient (Wildman–Crippen LogP) is 3.57. The van der Waals surface area contributed by atoms with Gasteiger partial charge in [-0.2, -0.15) is 10.2 Å². The van der Waals surface area contributed by atoms with Crippen molar-refractivity contribution in [1.82, 2.24) is 19.5 Å². The fraction of sp³-hybridized carbons (Fsp3) is 0.136. The first-order valence-corrected chi connectivity index (χ1v) is 9.21. The second-order valence-corrected chi connectivity index (χ2v) is 6.33. The van der Waals surface area contributed by atoms with Crippen molar-refractivity contribution in [2.24, 2.45) is 0 Å². The first-order valence-electron chi connectivity index (χ1n) is 9.21. The standard InChI is InChI=1S/C22H17N5O3/c1-29-16-10-8-15(9-11-16)19-21(28)27(13-5-12-23)20-18(25-19)14-24-22(26-20)30-17-6-3-2-4-7-17/h2-4,6-11,14H,5,13H2,1H3. The molecule has 8 nitrogen and oxygen atoms in total. The molecular formula is C22H17N5O3. The minimum atomic E-state index is -0.340. The van der Waals surface area contributed by atoms with Crippen LogP contribution in [0.3, 0.4) is 0 Å². The molecule has 0 saturated heterocycles. The van der Waals surface area contributed by atoms with Gasteiger partial charge >= 0.3 is 6.01 Å². The van der Waals surface area contributed by atoms with Crippen LogP contribution in [0.4, 0.5) is 0 Å². The van der Waals surface area contributed by atoms with Gasteiger partial charge in [-0.05, 0) is 36.4 Å². The summed E-state index contributed by atoms with van der Waals surface area (Å²) in [7, 11) is 1.57. The first-order chi connectivity index (χ1) is 14.7. The monoisotopic (exact) mass is 399 g/mol. The van der Waals surface area contributed by atoms with E-state index in [1.54, 1.807) is 43.5 Å². The van der Waals surface area contributed by atoms with Gasteiger partial charge in [0.05, 0.1) is 25.8 Å². The lowest BCUT2D eigenvalue weighted by molar-refractivity contribution is 0.415. The van der Waals surface area contributed by atoms with Crippen molar-refractivity contribution in [2.75, 3.05) is 7.11 Å². The third-order valence-electron chi connectivity index (χ3n) is 4.43. The molecular weight excluding hydrogens is 382 g/mol. The summed E-state index contributed by atoms with van der Waals surface area (Å²) in [4.78, 5) is 26.3. The summed E-state index contributed by atoms with van der Waals surface area (Å²) in [6.45, 7) is 0.180. The zero-order valence-electron chi connectivity index (χ0n) is 16.1. The fourth-order valence-corrected chi connectivity index (χ4v) is 2.97. The van der Waals surface area contributed by atoms with E-state index in [2.05, 4.69) is 21.0 Å². The van der Waals surface area contributed by atoms with Gasteiger partial charge in [0.2, 0.25) is 0 Å². The van der Waals surface area contributed by atoms with Crippen LogP contribution in [0.25, 0.3) is 22.4 Å². The minimum Gasteiger partial charge on any atom is -0.497 e. The van der Waals surface area contributed by atoms with Crippen LogP contribution in [0, 0.1) is 11.3 Å². The lowest BCUT2D eigenvalue weighted by atomic mass is 10.1. The van der Waals surface area contributed by atoms with E-state index in [1.165, 1.54) is 10.8 Å². The van der Waals surface area contributed by atoms with Crippen LogP contribution in [0.15, 0.2) is 65.6 Å². The zero-order chi connectivity index (χ0) is 20.9. The highest BCUT2D eigenvalue weighted by atomic mass is 16.5. The third-order valence-corrected chi connectivity index (χ3v) is 4.43. The summed E-state index contributed by atoms with van der Waals surface area (Å²) in [6, 6.07) is 18.3.